The van der Waals surface area contributed by atoms with Gasteiger partial charge in [-0.2, -0.15) is 0 Å². The third-order valence-electron chi connectivity index (χ3n) is 0.352. The zero-order valence-corrected chi connectivity index (χ0v) is 31.2. The number of rotatable bonds is 0. The molecular weight excluding hydrogens is 593 g/mol. The Bertz CT molecular complexity index is 281. The van der Waals surface area contributed by atoms with Crippen molar-refractivity contribution < 1.29 is 24.0 Å². The van der Waals surface area contributed by atoms with Crippen molar-refractivity contribution in [1.29, 1.82) is 0 Å². The summed E-state index contributed by atoms with van der Waals surface area (Å²) < 4.78 is 0. The Labute approximate surface area is 261 Å². The van der Waals surface area contributed by atoms with Gasteiger partial charge in [-0.1, -0.05) is 111 Å². The largest absolute Gasteiger partial charge is 0.359 e. The van der Waals surface area contributed by atoms with E-state index in [1.807, 2.05) is 55.4 Å². The number of carbonyl (C=O) groups is 5. The van der Waals surface area contributed by atoms with E-state index in [0.717, 1.165) is 0 Å². The molecule has 6 nitrogen and oxygen atoms in total. The number of amides is 1. The zero-order chi connectivity index (χ0) is 32.0. The molecule has 0 unspecified atom stereocenters. The fourth-order valence-electron chi connectivity index (χ4n) is 0. The fourth-order valence-corrected chi connectivity index (χ4v) is 0. The molecule has 0 aromatic rings. The summed E-state index contributed by atoms with van der Waals surface area (Å²) in [6, 6.07) is 0. The lowest BCUT2D eigenvalue weighted by Crippen LogP contribution is -2.11. The van der Waals surface area contributed by atoms with E-state index in [-0.39, 0.29) is 67.9 Å². The molecule has 0 saturated heterocycles. The summed E-state index contributed by atoms with van der Waals surface area (Å²) in [6.45, 7) is 38.2. The smallest absolute Gasteiger partial charge is 0.216 e. The van der Waals surface area contributed by atoms with E-state index in [1.54, 1.807) is 7.05 Å². The van der Waals surface area contributed by atoms with E-state index in [4.69, 9.17) is 0 Å². The van der Waals surface area contributed by atoms with Gasteiger partial charge in [0.2, 0.25) is 5.91 Å². The van der Waals surface area contributed by atoms with Gasteiger partial charge in [0.1, 0.15) is 23.1 Å². The molecule has 0 spiro atoms. The number of hydrogen-bond donors (Lipinski definition) is 1. The van der Waals surface area contributed by atoms with E-state index in [0.29, 0.717) is 0 Å². The van der Waals surface area contributed by atoms with Crippen molar-refractivity contribution in [1.82, 2.24) is 5.32 Å². The van der Waals surface area contributed by atoms with Crippen LogP contribution in [0, 0.1) is 0 Å². The van der Waals surface area contributed by atoms with Crippen LogP contribution in [0.2, 0.25) is 0 Å². The maximum absolute atomic E-state index is 9.70. The Morgan fingerprint density at radius 1 is 0.421 bits per heavy atom. The van der Waals surface area contributed by atoms with Crippen molar-refractivity contribution in [2.45, 2.75) is 173 Å². The Morgan fingerprint density at radius 2 is 0.447 bits per heavy atom. The molecule has 0 aromatic carbocycles. The first-order valence-corrected chi connectivity index (χ1v) is 13.1. The van der Waals surface area contributed by atoms with Gasteiger partial charge in [0.25, 0.3) is 0 Å². The Morgan fingerprint density at radius 3 is 0.447 bits per heavy atom. The van der Waals surface area contributed by atoms with Crippen LogP contribution in [-0.4, -0.2) is 36.1 Å². The molecule has 7 heteroatoms. The first-order valence-electron chi connectivity index (χ1n) is 13.1. The molecule has 0 heterocycles. The number of nitrogens with one attached hydrogen (secondary N) is 1. The average molecular weight is 674 g/mol. The highest BCUT2D eigenvalue weighted by Crippen LogP contribution is 1.56. The monoisotopic (exact) mass is 674 g/mol. The second-order valence-electron chi connectivity index (χ2n) is 5.85. The lowest BCUT2D eigenvalue weighted by atomic mass is 10.6. The van der Waals surface area contributed by atoms with Crippen LogP contribution < -0.4 is 5.32 Å². The Kier molecular flexibility index (Phi) is 366. The van der Waals surface area contributed by atoms with Crippen LogP contribution >= 0.6 is 24.0 Å². The SMILES string of the molecule is C.C.CC.CC.CC.CC.CC(C)=O.CC(C)=O.CC(C)=O.CC(C)=O.CCC.CCC.CNC(C)=O.I. The summed E-state index contributed by atoms with van der Waals surface area (Å²) in [5.41, 5.74) is 0. The van der Waals surface area contributed by atoms with Crippen molar-refractivity contribution >= 4 is 53.0 Å². The maximum Gasteiger partial charge on any atom is 0.216 e. The fraction of sp³-hybridized carbons (Fsp3) is 0.839. The molecule has 1 amide bonds. The van der Waals surface area contributed by atoms with Crippen LogP contribution in [0.25, 0.3) is 0 Å². The molecule has 0 atom stereocenters. The van der Waals surface area contributed by atoms with Gasteiger partial charge >= 0.3 is 0 Å². The van der Waals surface area contributed by atoms with Crippen LogP contribution in [0.4, 0.5) is 0 Å². The minimum Gasteiger partial charge on any atom is -0.359 e. The molecule has 246 valence electrons. The van der Waals surface area contributed by atoms with Gasteiger partial charge in [-0.15, -0.1) is 24.0 Å². The van der Waals surface area contributed by atoms with Crippen LogP contribution in [0.1, 0.15) is 173 Å². The molecular formula is C31H80INO5. The van der Waals surface area contributed by atoms with Crippen LogP contribution in [0.3, 0.4) is 0 Å². The van der Waals surface area contributed by atoms with Crippen LogP contribution in [0.15, 0.2) is 0 Å². The topological polar surface area (TPSA) is 97.4 Å². The van der Waals surface area contributed by atoms with Gasteiger partial charge in [-0.25, -0.2) is 0 Å². The highest BCUT2D eigenvalue weighted by molar-refractivity contribution is 14.0. The average Bonchev–Trinajstić information content (AvgIpc) is 2.73. The molecule has 0 fully saturated rings. The van der Waals surface area contributed by atoms with E-state index in [2.05, 4.69) is 33.0 Å². The third kappa shape index (κ3) is 51700. The lowest BCUT2D eigenvalue weighted by molar-refractivity contribution is -0.118. The zero-order valence-electron chi connectivity index (χ0n) is 28.9. The molecule has 0 radical (unpaired) electrons. The van der Waals surface area contributed by atoms with Gasteiger partial charge in [0.05, 0.1) is 0 Å². The minimum atomic E-state index is 0. The Hall–Kier alpha value is -1.12. The summed E-state index contributed by atoms with van der Waals surface area (Å²) in [5, 5.41) is 2.39. The third-order valence-corrected chi connectivity index (χ3v) is 0.352. The number of carbonyl (C=O) groups excluding carboxylic acids is 5. The lowest BCUT2D eigenvalue weighted by Gasteiger charge is -1.80. The van der Waals surface area contributed by atoms with Crippen LogP contribution in [-0.2, 0) is 24.0 Å². The van der Waals surface area contributed by atoms with E-state index in [1.165, 1.54) is 75.2 Å². The summed E-state index contributed by atoms with van der Waals surface area (Å²) >= 11 is 0. The Balaban J connectivity index is -0.0000000140. The molecule has 0 bridgehead atoms. The predicted octanol–water partition coefficient (Wildman–Crippen LogP) is 11.0. The van der Waals surface area contributed by atoms with Crippen molar-refractivity contribution in [3.63, 3.8) is 0 Å². The second-order valence-corrected chi connectivity index (χ2v) is 5.85. The number of ketones is 4. The molecule has 0 saturated carbocycles. The van der Waals surface area contributed by atoms with Crippen molar-refractivity contribution in [2.24, 2.45) is 0 Å². The molecule has 0 rings (SSSR count). The number of Topliss-reactive ketones (excluding diaryl/α,β-unsaturated/α-hetero) is 4. The normalized spacial score (nSPS) is 5.21. The summed E-state index contributed by atoms with van der Waals surface area (Å²) in [4.78, 5) is 47.5. The highest BCUT2D eigenvalue weighted by atomic mass is 127. The van der Waals surface area contributed by atoms with E-state index < -0.39 is 0 Å². The van der Waals surface area contributed by atoms with Gasteiger partial charge in [0, 0.05) is 14.0 Å². The summed E-state index contributed by atoms with van der Waals surface area (Å²) in [6.07, 6.45) is 2.50. The predicted molar refractivity (Wildman–Crippen MR) is 191 cm³/mol. The van der Waals surface area contributed by atoms with Crippen molar-refractivity contribution in [3.8, 4) is 0 Å². The minimum absolute atomic E-state index is 0. The van der Waals surface area contributed by atoms with Crippen molar-refractivity contribution in [3.05, 3.63) is 0 Å². The number of hydrogen-bond acceptors (Lipinski definition) is 5. The molecule has 0 aromatic heterocycles. The van der Waals surface area contributed by atoms with Gasteiger partial charge in [-0.05, 0) is 55.4 Å². The van der Waals surface area contributed by atoms with Gasteiger partial charge < -0.3 is 24.5 Å². The first kappa shape index (κ1) is 90.7. The van der Waals surface area contributed by atoms with E-state index in [9.17, 15) is 24.0 Å². The molecule has 0 aliphatic carbocycles. The van der Waals surface area contributed by atoms with E-state index >= 15 is 0 Å². The quantitative estimate of drug-likeness (QED) is 0.258. The second kappa shape index (κ2) is 153. The van der Waals surface area contributed by atoms with Crippen molar-refractivity contribution in [2.75, 3.05) is 7.05 Å². The highest BCUT2D eigenvalue weighted by Gasteiger charge is 1.72. The molecule has 1 N–H and O–H groups in total. The van der Waals surface area contributed by atoms with Gasteiger partial charge in [0.15, 0.2) is 0 Å². The van der Waals surface area contributed by atoms with Crippen LogP contribution in [0.5, 0.6) is 0 Å². The molecule has 0 aliphatic rings. The number of halogens is 1. The maximum atomic E-state index is 9.70. The molecule has 0 aliphatic heterocycles. The first-order chi connectivity index (χ1) is 16.0. The summed E-state index contributed by atoms with van der Waals surface area (Å²) in [7, 11) is 1.60. The van der Waals surface area contributed by atoms with Gasteiger partial charge in [-0.3, -0.25) is 4.79 Å². The standard InChI is InChI=1S/C3H7NO.4C3H6O.2C3H8.4C2H6.2CH4.HI/c1-3(5)4-2;4*1-3(2)4;2*1-3-2;4*1-2;;;/h1-2H3,(H,4,5);4*1-2H3;2*3H2,1-2H3;4*1-2H3;2*1H4;1H. The molecule has 38 heavy (non-hydrogen) atoms. The summed E-state index contributed by atoms with van der Waals surface area (Å²) in [5.74, 6) is 0.671.